The first-order valence-electron chi connectivity index (χ1n) is 5.99. The van der Waals surface area contributed by atoms with Crippen LogP contribution in [-0.2, 0) is 10.0 Å². The number of phenolic OH excluding ortho intramolecular Hbond substituents is 1. The summed E-state index contributed by atoms with van der Waals surface area (Å²) in [7, 11) is -2.42. The van der Waals surface area contributed by atoms with Crippen molar-refractivity contribution in [2.75, 3.05) is 11.8 Å². The molecular formula is C14H14BrNO4S. The SMILES string of the molecule is COc1ccc(Br)cc1S(=O)(=O)Nc1ccc(C)c(O)c1. The van der Waals surface area contributed by atoms with Crippen molar-refractivity contribution in [1.82, 2.24) is 0 Å². The molecule has 2 N–H and O–H groups in total. The second-order valence-corrected chi connectivity index (χ2v) is 6.97. The Hall–Kier alpha value is -1.73. The summed E-state index contributed by atoms with van der Waals surface area (Å²) in [6, 6.07) is 9.27. The van der Waals surface area contributed by atoms with Gasteiger partial charge in [0.05, 0.1) is 12.8 Å². The highest BCUT2D eigenvalue weighted by Gasteiger charge is 2.20. The molecule has 0 bridgehead atoms. The Balaban J connectivity index is 2.42. The number of halogens is 1. The third-order valence-corrected chi connectivity index (χ3v) is 4.77. The van der Waals surface area contributed by atoms with Crippen LogP contribution in [0.4, 0.5) is 5.69 Å². The number of rotatable bonds is 4. The topological polar surface area (TPSA) is 75.6 Å². The third kappa shape index (κ3) is 3.48. The number of hydrogen-bond donors (Lipinski definition) is 2. The molecular weight excluding hydrogens is 358 g/mol. The lowest BCUT2D eigenvalue weighted by atomic mass is 10.2. The van der Waals surface area contributed by atoms with E-state index in [1.165, 1.54) is 19.2 Å². The minimum Gasteiger partial charge on any atom is -0.508 e. The fraction of sp³-hybridized carbons (Fsp3) is 0.143. The first kappa shape index (κ1) is 15.7. The van der Waals surface area contributed by atoms with E-state index >= 15 is 0 Å². The van der Waals surface area contributed by atoms with Crippen LogP contribution in [0, 0.1) is 6.92 Å². The van der Waals surface area contributed by atoms with Crippen LogP contribution in [-0.4, -0.2) is 20.6 Å². The van der Waals surface area contributed by atoms with E-state index in [2.05, 4.69) is 20.7 Å². The Bertz CT molecular complexity index is 775. The molecule has 2 rings (SSSR count). The van der Waals surface area contributed by atoms with Crippen molar-refractivity contribution in [3.8, 4) is 11.5 Å². The summed E-state index contributed by atoms with van der Waals surface area (Å²) in [6.07, 6.45) is 0. The van der Waals surface area contributed by atoms with Gasteiger partial charge in [0.1, 0.15) is 16.4 Å². The van der Waals surface area contributed by atoms with E-state index in [0.29, 0.717) is 10.0 Å². The number of nitrogens with one attached hydrogen (secondary N) is 1. The molecule has 2 aromatic carbocycles. The summed E-state index contributed by atoms with van der Waals surface area (Å²) in [5, 5.41) is 9.65. The maximum atomic E-state index is 12.4. The van der Waals surface area contributed by atoms with Crippen LogP contribution >= 0.6 is 15.9 Å². The highest BCUT2D eigenvalue weighted by atomic mass is 79.9. The van der Waals surface area contributed by atoms with Gasteiger partial charge < -0.3 is 9.84 Å². The van der Waals surface area contributed by atoms with Crippen molar-refractivity contribution in [3.05, 3.63) is 46.4 Å². The minimum atomic E-state index is -3.82. The lowest BCUT2D eigenvalue weighted by Gasteiger charge is -2.12. The average molecular weight is 372 g/mol. The van der Waals surface area contributed by atoms with E-state index < -0.39 is 10.0 Å². The highest BCUT2D eigenvalue weighted by molar-refractivity contribution is 9.10. The standard InChI is InChI=1S/C14H14BrNO4S/c1-9-3-5-11(8-12(9)17)16-21(18,19)14-7-10(15)4-6-13(14)20-2/h3-8,16-17H,1-2H3. The second-order valence-electron chi connectivity index (χ2n) is 4.40. The lowest BCUT2D eigenvalue weighted by molar-refractivity contribution is 0.403. The number of methoxy groups -OCH3 is 1. The van der Waals surface area contributed by atoms with Gasteiger partial charge >= 0.3 is 0 Å². The van der Waals surface area contributed by atoms with Gasteiger partial charge in [-0.2, -0.15) is 0 Å². The number of benzene rings is 2. The maximum absolute atomic E-state index is 12.4. The largest absolute Gasteiger partial charge is 0.508 e. The zero-order valence-corrected chi connectivity index (χ0v) is 13.8. The average Bonchev–Trinajstić information content (AvgIpc) is 2.42. The van der Waals surface area contributed by atoms with E-state index in [1.807, 2.05) is 0 Å². The summed E-state index contributed by atoms with van der Waals surface area (Å²) >= 11 is 3.24. The van der Waals surface area contributed by atoms with E-state index in [1.54, 1.807) is 31.2 Å². The zero-order valence-electron chi connectivity index (χ0n) is 11.4. The van der Waals surface area contributed by atoms with Crippen molar-refractivity contribution in [3.63, 3.8) is 0 Å². The van der Waals surface area contributed by atoms with Gasteiger partial charge in [0.25, 0.3) is 10.0 Å². The Kier molecular flexibility index (Phi) is 4.43. The summed E-state index contributed by atoms with van der Waals surface area (Å²) in [6.45, 7) is 1.73. The third-order valence-electron chi connectivity index (χ3n) is 2.88. The first-order valence-corrected chi connectivity index (χ1v) is 8.27. The molecule has 0 amide bonds. The monoisotopic (exact) mass is 371 g/mol. The van der Waals surface area contributed by atoms with Crippen LogP contribution in [0.3, 0.4) is 0 Å². The number of ether oxygens (including phenoxy) is 1. The van der Waals surface area contributed by atoms with Gasteiger partial charge in [0.2, 0.25) is 0 Å². The summed E-state index contributed by atoms with van der Waals surface area (Å²) in [5.74, 6) is 0.262. The second kappa shape index (κ2) is 5.95. The molecule has 0 aromatic heterocycles. The van der Waals surface area contributed by atoms with Crippen molar-refractivity contribution < 1.29 is 18.3 Å². The molecule has 0 fully saturated rings. The van der Waals surface area contributed by atoms with E-state index in [-0.39, 0.29) is 22.1 Å². The molecule has 0 spiro atoms. The first-order chi connectivity index (χ1) is 9.83. The van der Waals surface area contributed by atoms with E-state index in [9.17, 15) is 13.5 Å². The summed E-state index contributed by atoms with van der Waals surface area (Å²) < 4.78 is 33.0. The molecule has 0 radical (unpaired) electrons. The van der Waals surface area contributed by atoms with E-state index in [0.717, 1.165) is 0 Å². The van der Waals surface area contributed by atoms with Crippen LogP contribution < -0.4 is 9.46 Å². The lowest BCUT2D eigenvalue weighted by Crippen LogP contribution is -2.14. The Labute approximate surface area is 131 Å². The Morgan fingerprint density at radius 1 is 1.19 bits per heavy atom. The van der Waals surface area contributed by atoms with Crippen molar-refractivity contribution in [2.45, 2.75) is 11.8 Å². The van der Waals surface area contributed by atoms with Crippen LogP contribution in [0.2, 0.25) is 0 Å². The molecule has 21 heavy (non-hydrogen) atoms. The molecule has 0 saturated carbocycles. The van der Waals surface area contributed by atoms with Crippen molar-refractivity contribution >= 4 is 31.6 Å². The quantitative estimate of drug-likeness (QED) is 0.864. The molecule has 0 heterocycles. The number of phenols is 1. The molecule has 5 nitrogen and oxygen atoms in total. The van der Waals surface area contributed by atoms with Gasteiger partial charge in [-0.1, -0.05) is 22.0 Å². The van der Waals surface area contributed by atoms with Gasteiger partial charge in [-0.15, -0.1) is 0 Å². The van der Waals surface area contributed by atoms with Crippen molar-refractivity contribution in [1.29, 1.82) is 0 Å². The Morgan fingerprint density at radius 2 is 1.90 bits per heavy atom. The van der Waals surface area contributed by atoms with Crippen LogP contribution in [0.1, 0.15) is 5.56 Å². The number of anilines is 1. The number of hydrogen-bond acceptors (Lipinski definition) is 4. The van der Waals surface area contributed by atoms with Crippen LogP contribution in [0.25, 0.3) is 0 Å². The molecule has 0 aliphatic rings. The molecule has 2 aromatic rings. The smallest absolute Gasteiger partial charge is 0.265 e. The maximum Gasteiger partial charge on any atom is 0.265 e. The molecule has 0 aliphatic carbocycles. The predicted octanol–water partition coefficient (Wildman–Crippen LogP) is 3.27. The predicted molar refractivity (Wildman–Crippen MR) is 84.3 cm³/mol. The van der Waals surface area contributed by atoms with Crippen molar-refractivity contribution in [2.24, 2.45) is 0 Å². The fourth-order valence-electron chi connectivity index (χ4n) is 1.74. The van der Waals surface area contributed by atoms with Gasteiger partial charge in [0, 0.05) is 10.5 Å². The molecule has 0 saturated heterocycles. The van der Waals surface area contributed by atoms with Gasteiger partial charge in [-0.3, -0.25) is 4.72 Å². The van der Waals surface area contributed by atoms with E-state index in [4.69, 9.17) is 4.74 Å². The van der Waals surface area contributed by atoms with Crippen LogP contribution in [0.5, 0.6) is 11.5 Å². The molecule has 0 unspecified atom stereocenters. The van der Waals surface area contributed by atoms with Gasteiger partial charge in [0.15, 0.2) is 0 Å². The fourth-order valence-corrected chi connectivity index (χ4v) is 3.50. The molecule has 0 aliphatic heterocycles. The molecule has 7 heteroatoms. The summed E-state index contributed by atoms with van der Waals surface area (Å²) in [5.41, 5.74) is 0.943. The van der Waals surface area contributed by atoms with Gasteiger partial charge in [-0.25, -0.2) is 8.42 Å². The minimum absolute atomic E-state index is 0.0134. The molecule has 0 atom stereocenters. The number of aromatic hydroxyl groups is 1. The number of sulfonamides is 1. The normalized spacial score (nSPS) is 11.2. The number of aryl methyl sites for hydroxylation is 1. The Morgan fingerprint density at radius 3 is 2.52 bits per heavy atom. The highest BCUT2D eigenvalue weighted by Crippen LogP contribution is 2.30. The zero-order chi connectivity index (χ0) is 15.6. The summed E-state index contributed by atoms with van der Waals surface area (Å²) in [4.78, 5) is 0.0134. The van der Waals surface area contributed by atoms with Crippen LogP contribution in [0.15, 0.2) is 45.8 Å². The molecule has 112 valence electrons. The van der Waals surface area contributed by atoms with Gasteiger partial charge in [-0.05, 0) is 36.8 Å².